The molecule has 0 saturated carbocycles. The minimum atomic E-state index is -0.325. The summed E-state index contributed by atoms with van der Waals surface area (Å²) >= 11 is 5.77. The van der Waals surface area contributed by atoms with E-state index in [2.05, 4.69) is 4.98 Å². The number of carbonyl (C=O) groups is 1. The van der Waals surface area contributed by atoms with Gasteiger partial charge in [0.25, 0.3) is 0 Å². The van der Waals surface area contributed by atoms with E-state index in [4.69, 9.17) is 17.3 Å². The zero-order valence-electron chi connectivity index (χ0n) is 11.1. The number of unbranched alkanes of at least 4 members (excludes halogenated alkanes) is 1. The number of aryl methyl sites for hydroxylation is 2. The first kappa shape index (κ1) is 14.8. The van der Waals surface area contributed by atoms with Gasteiger partial charge in [-0.15, -0.1) is 11.6 Å². The van der Waals surface area contributed by atoms with Crippen LogP contribution in [-0.4, -0.2) is 21.3 Å². The molecule has 2 rings (SSSR count). The van der Waals surface area contributed by atoms with Crippen molar-refractivity contribution in [1.29, 1.82) is 0 Å². The second-order valence-electron chi connectivity index (χ2n) is 4.65. The maximum atomic E-state index is 13.7. The second kappa shape index (κ2) is 6.70. The highest BCUT2D eigenvalue weighted by Crippen LogP contribution is 2.20. The summed E-state index contributed by atoms with van der Waals surface area (Å²) in [6, 6.07) is 4.91. The van der Waals surface area contributed by atoms with E-state index in [1.807, 2.05) is 10.6 Å². The van der Waals surface area contributed by atoms with Gasteiger partial charge in [-0.1, -0.05) is 6.07 Å². The highest BCUT2D eigenvalue weighted by molar-refractivity contribution is 6.17. The van der Waals surface area contributed by atoms with Crippen LogP contribution in [0.4, 0.5) is 4.39 Å². The number of carbonyl (C=O) groups excluding carboxylic acids is 1. The van der Waals surface area contributed by atoms with Crippen molar-refractivity contribution in [3.8, 4) is 0 Å². The van der Waals surface area contributed by atoms with Crippen LogP contribution in [0, 0.1) is 5.82 Å². The van der Waals surface area contributed by atoms with E-state index < -0.39 is 0 Å². The topological polar surface area (TPSA) is 60.9 Å². The third-order valence-corrected chi connectivity index (χ3v) is 3.37. The largest absolute Gasteiger partial charge is 0.370 e. The lowest BCUT2D eigenvalue weighted by atomic mass is 10.2. The Morgan fingerprint density at radius 2 is 2.20 bits per heavy atom. The number of para-hydroxylation sites is 1. The number of nitrogens with zero attached hydrogens (tertiary/aromatic N) is 2. The summed E-state index contributed by atoms with van der Waals surface area (Å²) in [6.45, 7) is 0.680. The van der Waals surface area contributed by atoms with Crippen molar-refractivity contribution in [2.24, 2.45) is 5.73 Å². The van der Waals surface area contributed by atoms with E-state index in [-0.39, 0.29) is 11.7 Å². The molecular formula is C14H17ClFN3O. The first-order valence-electron chi connectivity index (χ1n) is 6.61. The summed E-state index contributed by atoms with van der Waals surface area (Å²) in [5, 5.41) is 0. The summed E-state index contributed by atoms with van der Waals surface area (Å²) in [5.41, 5.74) is 6.26. The number of nitrogens with two attached hydrogens (primary N) is 1. The molecule has 0 aliphatic heterocycles. The van der Waals surface area contributed by atoms with Gasteiger partial charge in [0.2, 0.25) is 5.91 Å². The van der Waals surface area contributed by atoms with Crippen molar-refractivity contribution < 1.29 is 9.18 Å². The van der Waals surface area contributed by atoms with Crippen LogP contribution in [0.3, 0.4) is 0 Å². The first-order valence-corrected chi connectivity index (χ1v) is 7.15. The van der Waals surface area contributed by atoms with Crippen molar-refractivity contribution in [2.45, 2.75) is 32.2 Å². The van der Waals surface area contributed by atoms with E-state index in [0.29, 0.717) is 37.2 Å². The molecule has 1 heterocycles. The molecule has 6 heteroatoms. The molecule has 2 aromatic rings. The van der Waals surface area contributed by atoms with E-state index in [1.165, 1.54) is 6.07 Å². The van der Waals surface area contributed by atoms with Crippen LogP contribution in [0.15, 0.2) is 18.2 Å². The summed E-state index contributed by atoms with van der Waals surface area (Å²) in [6.07, 6.45) is 2.46. The van der Waals surface area contributed by atoms with E-state index in [0.717, 1.165) is 17.8 Å². The number of hydrogen-bond acceptors (Lipinski definition) is 2. The highest BCUT2D eigenvalue weighted by Gasteiger charge is 2.13. The van der Waals surface area contributed by atoms with Crippen molar-refractivity contribution >= 4 is 28.5 Å². The van der Waals surface area contributed by atoms with Crippen LogP contribution < -0.4 is 5.73 Å². The molecule has 0 aliphatic rings. The van der Waals surface area contributed by atoms with Crippen molar-refractivity contribution in [1.82, 2.24) is 9.55 Å². The molecule has 1 amide bonds. The highest BCUT2D eigenvalue weighted by atomic mass is 35.5. The number of alkyl halides is 1. The van der Waals surface area contributed by atoms with Gasteiger partial charge in [0.1, 0.15) is 11.3 Å². The monoisotopic (exact) mass is 297 g/mol. The van der Waals surface area contributed by atoms with Crippen molar-refractivity contribution in [3.63, 3.8) is 0 Å². The van der Waals surface area contributed by atoms with Gasteiger partial charge in [-0.3, -0.25) is 4.79 Å². The number of imidazole rings is 1. The van der Waals surface area contributed by atoms with Gasteiger partial charge in [-0.05, 0) is 25.0 Å². The zero-order valence-corrected chi connectivity index (χ0v) is 11.9. The fourth-order valence-electron chi connectivity index (χ4n) is 2.25. The maximum Gasteiger partial charge on any atom is 0.217 e. The van der Waals surface area contributed by atoms with Gasteiger partial charge in [0, 0.05) is 25.3 Å². The minimum Gasteiger partial charge on any atom is -0.370 e. The van der Waals surface area contributed by atoms with Gasteiger partial charge in [0.05, 0.1) is 5.52 Å². The van der Waals surface area contributed by atoms with Crippen molar-refractivity contribution in [2.75, 3.05) is 5.88 Å². The van der Waals surface area contributed by atoms with Crippen LogP contribution in [0.1, 0.15) is 25.1 Å². The lowest BCUT2D eigenvalue weighted by Gasteiger charge is -2.08. The molecule has 0 aliphatic carbocycles. The van der Waals surface area contributed by atoms with Gasteiger partial charge < -0.3 is 10.3 Å². The molecule has 0 fully saturated rings. The molecule has 0 atom stereocenters. The summed E-state index contributed by atoms with van der Waals surface area (Å²) in [5.74, 6) is 0.590. The molecule has 0 unspecified atom stereocenters. The Labute approximate surface area is 121 Å². The smallest absolute Gasteiger partial charge is 0.217 e. The predicted molar refractivity (Wildman–Crippen MR) is 77.2 cm³/mol. The number of primary amides is 1. The Kier molecular flexibility index (Phi) is 4.95. The average Bonchev–Trinajstić information content (AvgIpc) is 2.75. The average molecular weight is 298 g/mol. The predicted octanol–water partition coefficient (Wildman–Crippen LogP) is 2.61. The molecule has 0 radical (unpaired) electrons. The van der Waals surface area contributed by atoms with Crippen LogP contribution in [0.5, 0.6) is 0 Å². The molecule has 4 nitrogen and oxygen atoms in total. The Hall–Kier alpha value is -1.62. The quantitative estimate of drug-likeness (QED) is 0.631. The third kappa shape index (κ3) is 3.28. The number of rotatable bonds is 7. The summed E-state index contributed by atoms with van der Waals surface area (Å²) in [4.78, 5) is 15.1. The maximum absolute atomic E-state index is 13.7. The number of hydrogen-bond donors (Lipinski definition) is 1. The molecule has 0 bridgehead atoms. The number of halogens is 2. The molecule has 1 aromatic heterocycles. The molecule has 1 aromatic carbocycles. The molecule has 0 saturated heterocycles. The van der Waals surface area contributed by atoms with E-state index >= 15 is 0 Å². The van der Waals surface area contributed by atoms with E-state index in [1.54, 1.807) is 6.07 Å². The lowest BCUT2D eigenvalue weighted by molar-refractivity contribution is -0.118. The Morgan fingerprint density at radius 3 is 2.90 bits per heavy atom. The fourth-order valence-corrected chi connectivity index (χ4v) is 2.42. The van der Waals surface area contributed by atoms with Crippen LogP contribution >= 0.6 is 11.6 Å². The van der Waals surface area contributed by atoms with Gasteiger partial charge in [-0.2, -0.15) is 0 Å². The van der Waals surface area contributed by atoms with Crippen LogP contribution in [-0.2, 0) is 17.8 Å². The molecular weight excluding hydrogens is 281 g/mol. The van der Waals surface area contributed by atoms with Gasteiger partial charge >= 0.3 is 0 Å². The SMILES string of the molecule is NC(=O)CCCCn1c(CCCl)nc2c(F)cccc21. The first-order chi connectivity index (χ1) is 9.63. The lowest BCUT2D eigenvalue weighted by Crippen LogP contribution is -2.11. The number of benzene rings is 1. The van der Waals surface area contributed by atoms with Crippen molar-refractivity contribution in [3.05, 3.63) is 29.8 Å². The number of aromatic nitrogens is 2. The van der Waals surface area contributed by atoms with Crippen LogP contribution in [0.2, 0.25) is 0 Å². The molecule has 108 valence electrons. The normalized spacial score (nSPS) is 11.1. The Balaban J connectivity index is 2.22. The van der Waals surface area contributed by atoms with Gasteiger partial charge in [-0.25, -0.2) is 9.37 Å². The zero-order chi connectivity index (χ0) is 14.5. The van der Waals surface area contributed by atoms with Crippen LogP contribution in [0.25, 0.3) is 11.0 Å². The minimum absolute atomic E-state index is 0.299. The van der Waals surface area contributed by atoms with Gasteiger partial charge in [0.15, 0.2) is 5.82 Å². The number of amides is 1. The second-order valence-corrected chi connectivity index (χ2v) is 5.03. The van der Waals surface area contributed by atoms with E-state index in [9.17, 15) is 9.18 Å². The summed E-state index contributed by atoms with van der Waals surface area (Å²) < 4.78 is 15.7. The third-order valence-electron chi connectivity index (χ3n) is 3.18. The standard InChI is InChI=1S/C14H17ClFN3O/c15-8-7-13-18-14-10(16)4-3-5-11(14)19(13)9-2-1-6-12(17)20/h3-5H,1-2,6-9H2,(H2,17,20). The summed E-state index contributed by atoms with van der Waals surface area (Å²) in [7, 11) is 0. The number of fused-ring (bicyclic) bond motifs is 1. The Morgan fingerprint density at radius 1 is 1.40 bits per heavy atom. The Bertz CT molecular complexity index is 612. The molecule has 20 heavy (non-hydrogen) atoms. The molecule has 0 spiro atoms. The molecule has 2 N–H and O–H groups in total. The fraction of sp³-hybridized carbons (Fsp3) is 0.429.